The van der Waals surface area contributed by atoms with Crippen LogP contribution in [-0.2, 0) is 16.2 Å². The lowest BCUT2D eigenvalue weighted by atomic mass is 10.1. The van der Waals surface area contributed by atoms with Crippen LogP contribution in [0.5, 0.6) is 5.75 Å². The fraction of sp³-hybridized carbons (Fsp3) is 0.0417. The first-order chi connectivity index (χ1) is 16.2. The average Bonchev–Trinajstić information content (AvgIpc) is 2.77. The minimum atomic E-state index is -0.924. The number of urea groups is 1. The molecule has 4 amide bonds. The number of rotatable bonds is 5. The number of nitrogens with zero attached hydrogens (tertiary/aromatic N) is 1. The van der Waals surface area contributed by atoms with Crippen LogP contribution in [0, 0.1) is 5.82 Å². The fourth-order valence-electron chi connectivity index (χ4n) is 3.26. The first-order valence-electron chi connectivity index (χ1n) is 9.76. The zero-order chi connectivity index (χ0) is 24.4. The van der Waals surface area contributed by atoms with Crippen LogP contribution in [-0.4, -0.2) is 17.8 Å². The van der Waals surface area contributed by atoms with Crippen molar-refractivity contribution in [3.63, 3.8) is 0 Å². The van der Waals surface area contributed by atoms with Crippen LogP contribution in [0.15, 0.2) is 75.2 Å². The van der Waals surface area contributed by atoms with Gasteiger partial charge in [-0.1, -0.05) is 39.7 Å². The minimum Gasteiger partial charge on any atom is -0.487 e. The summed E-state index contributed by atoms with van der Waals surface area (Å²) in [4.78, 5) is 38.8. The Bertz CT molecular complexity index is 1350. The highest BCUT2D eigenvalue weighted by Crippen LogP contribution is 2.36. The van der Waals surface area contributed by atoms with Gasteiger partial charge in [-0.2, -0.15) is 0 Å². The van der Waals surface area contributed by atoms with E-state index in [9.17, 15) is 18.8 Å². The van der Waals surface area contributed by atoms with E-state index in [1.165, 1.54) is 18.2 Å². The lowest BCUT2D eigenvalue weighted by Crippen LogP contribution is -2.54. The van der Waals surface area contributed by atoms with Gasteiger partial charge in [0.25, 0.3) is 11.8 Å². The quantitative estimate of drug-likeness (QED) is 0.275. The Morgan fingerprint density at radius 3 is 2.47 bits per heavy atom. The number of halogens is 4. The molecule has 172 valence electrons. The van der Waals surface area contributed by atoms with Crippen LogP contribution >= 0.6 is 43.5 Å². The van der Waals surface area contributed by atoms with Gasteiger partial charge in [0.15, 0.2) is 0 Å². The summed E-state index contributed by atoms with van der Waals surface area (Å²) in [6, 6.07) is 14.4. The number of benzene rings is 3. The molecule has 0 saturated carbocycles. The second-order valence-corrected chi connectivity index (χ2v) is 9.37. The second kappa shape index (κ2) is 10.1. The van der Waals surface area contributed by atoms with Crippen LogP contribution in [0.3, 0.4) is 0 Å². The van der Waals surface area contributed by atoms with E-state index < -0.39 is 23.7 Å². The van der Waals surface area contributed by atoms with Gasteiger partial charge in [0.05, 0.1) is 10.2 Å². The third-order valence-corrected chi connectivity index (χ3v) is 6.08. The number of ether oxygens (including phenoxy) is 1. The smallest absolute Gasteiger partial charge is 0.335 e. The third-order valence-electron chi connectivity index (χ3n) is 4.80. The highest BCUT2D eigenvalue weighted by atomic mass is 79.9. The summed E-state index contributed by atoms with van der Waals surface area (Å²) in [7, 11) is 0. The Kier molecular flexibility index (Phi) is 7.16. The average molecular weight is 609 g/mol. The van der Waals surface area contributed by atoms with E-state index in [0.717, 1.165) is 22.6 Å². The molecular formula is C24H14Br2ClFN2O4. The molecule has 1 N–H and O–H groups in total. The summed E-state index contributed by atoms with van der Waals surface area (Å²) in [5.41, 5.74) is 1.06. The molecule has 0 spiro atoms. The van der Waals surface area contributed by atoms with Crippen molar-refractivity contribution in [1.82, 2.24) is 5.32 Å². The number of anilines is 1. The predicted molar refractivity (Wildman–Crippen MR) is 133 cm³/mol. The van der Waals surface area contributed by atoms with Gasteiger partial charge in [0.1, 0.15) is 23.7 Å². The number of hydrogen-bond acceptors (Lipinski definition) is 4. The van der Waals surface area contributed by atoms with E-state index in [1.54, 1.807) is 30.3 Å². The summed E-state index contributed by atoms with van der Waals surface area (Å²) >= 11 is 12.9. The van der Waals surface area contributed by atoms with Crippen molar-refractivity contribution < 1.29 is 23.5 Å². The molecule has 1 heterocycles. The van der Waals surface area contributed by atoms with Crippen molar-refractivity contribution in [3.05, 3.63) is 97.1 Å². The number of imide groups is 2. The molecule has 1 saturated heterocycles. The van der Waals surface area contributed by atoms with Gasteiger partial charge in [-0.05, 0) is 76.1 Å². The van der Waals surface area contributed by atoms with Crippen LogP contribution in [0.4, 0.5) is 14.9 Å². The Hall–Kier alpha value is -3.01. The maximum atomic E-state index is 13.3. The van der Waals surface area contributed by atoms with Gasteiger partial charge in [-0.25, -0.2) is 14.1 Å². The molecule has 0 radical (unpaired) electrons. The molecule has 1 fully saturated rings. The van der Waals surface area contributed by atoms with Gasteiger partial charge in [0.2, 0.25) is 0 Å². The second-order valence-electron chi connectivity index (χ2n) is 7.16. The number of carbonyl (C=O) groups is 3. The van der Waals surface area contributed by atoms with E-state index in [0.29, 0.717) is 25.3 Å². The van der Waals surface area contributed by atoms with E-state index in [2.05, 4.69) is 37.2 Å². The van der Waals surface area contributed by atoms with Gasteiger partial charge >= 0.3 is 6.03 Å². The zero-order valence-corrected chi connectivity index (χ0v) is 21.1. The first kappa shape index (κ1) is 24.1. The van der Waals surface area contributed by atoms with E-state index in [-0.39, 0.29) is 17.9 Å². The molecule has 10 heteroatoms. The Morgan fingerprint density at radius 2 is 1.76 bits per heavy atom. The third kappa shape index (κ3) is 5.22. The maximum absolute atomic E-state index is 13.3. The molecule has 3 aromatic rings. The van der Waals surface area contributed by atoms with Crippen LogP contribution in [0.2, 0.25) is 5.02 Å². The molecule has 0 aromatic heterocycles. The number of nitrogens with one attached hydrogen (secondary N) is 1. The van der Waals surface area contributed by atoms with Gasteiger partial charge in [-0.3, -0.25) is 14.9 Å². The maximum Gasteiger partial charge on any atom is 0.335 e. The van der Waals surface area contributed by atoms with E-state index in [1.807, 2.05) is 6.07 Å². The van der Waals surface area contributed by atoms with E-state index in [4.69, 9.17) is 16.3 Å². The number of barbiturate groups is 1. The lowest BCUT2D eigenvalue weighted by Gasteiger charge is -2.26. The topological polar surface area (TPSA) is 75.7 Å². The van der Waals surface area contributed by atoms with E-state index >= 15 is 0 Å². The first-order valence-corrected chi connectivity index (χ1v) is 11.7. The van der Waals surface area contributed by atoms with Gasteiger partial charge < -0.3 is 4.74 Å². The standard InChI is InChI=1S/C24H14Br2ClFN2O4/c25-15-9-14(21(20(26)11-15)34-12-13-2-1-3-16(27)8-13)10-19-22(31)29-24(33)30(23(19)32)18-6-4-17(28)5-7-18/h1-11H,12H2,(H,29,31,33)/b19-10+. The molecule has 0 aliphatic carbocycles. The summed E-state index contributed by atoms with van der Waals surface area (Å²) in [6.45, 7) is 0.178. The van der Waals surface area contributed by atoms with Crippen LogP contribution < -0.4 is 15.0 Å². The number of carbonyl (C=O) groups excluding carboxylic acids is 3. The highest BCUT2D eigenvalue weighted by molar-refractivity contribution is 9.11. The zero-order valence-electron chi connectivity index (χ0n) is 17.2. The molecule has 4 rings (SSSR count). The molecule has 1 aliphatic heterocycles. The SMILES string of the molecule is O=C1NC(=O)N(c2ccc(F)cc2)C(=O)/C1=C/c1cc(Br)cc(Br)c1OCc1cccc(Cl)c1. The van der Waals surface area contributed by atoms with Crippen molar-refractivity contribution in [2.24, 2.45) is 0 Å². The Balaban J connectivity index is 1.71. The van der Waals surface area contributed by atoms with Gasteiger partial charge in [-0.15, -0.1) is 0 Å². The molecule has 3 aromatic carbocycles. The van der Waals surface area contributed by atoms with Crippen LogP contribution in [0.1, 0.15) is 11.1 Å². The minimum absolute atomic E-state index is 0.121. The molecule has 0 bridgehead atoms. The molecule has 0 unspecified atom stereocenters. The highest BCUT2D eigenvalue weighted by Gasteiger charge is 2.37. The van der Waals surface area contributed by atoms with Crippen molar-refractivity contribution in [2.45, 2.75) is 6.61 Å². The Morgan fingerprint density at radius 1 is 1.03 bits per heavy atom. The monoisotopic (exact) mass is 606 g/mol. The summed E-state index contributed by atoms with van der Waals surface area (Å²) in [5, 5.41) is 2.71. The molecule has 1 aliphatic rings. The van der Waals surface area contributed by atoms with Crippen molar-refractivity contribution in [3.8, 4) is 5.75 Å². The van der Waals surface area contributed by atoms with Crippen LogP contribution in [0.25, 0.3) is 6.08 Å². The predicted octanol–water partition coefficient (Wildman–Crippen LogP) is 6.25. The Labute approximate surface area is 215 Å². The number of amides is 4. The summed E-state index contributed by atoms with van der Waals surface area (Å²) < 4.78 is 20.5. The van der Waals surface area contributed by atoms with Crippen molar-refractivity contribution in [2.75, 3.05) is 4.90 Å². The lowest BCUT2D eigenvalue weighted by molar-refractivity contribution is -0.122. The van der Waals surface area contributed by atoms with Crippen molar-refractivity contribution in [1.29, 1.82) is 0 Å². The van der Waals surface area contributed by atoms with Crippen molar-refractivity contribution >= 4 is 73.1 Å². The normalized spacial score (nSPS) is 15.0. The molecule has 6 nitrogen and oxygen atoms in total. The molecule has 0 atom stereocenters. The molecular weight excluding hydrogens is 595 g/mol. The number of hydrogen-bond donors (Lipinski definition) is 1. The molecule has 34 heavy (non-hydrogen) atoms. The summed E-state index contributed by atoms with van der Waals surface area (Å²) in [5.74, 6) is -1.86. The summed E-state index contributed by atoms with van der Waals surface area (Å²) in [6.07, 6.45) is 1.34. The largest absolute Gasteiger partial charge is 0.487 e. The fourth-order valence-corrected chi connectivity index (χ4v) is 4.85. The van der Waals surface area contributed by atoms with Gasteiger partial charge in [0, 0.05) is 15.1 Å².